The zero-order chi connectivity index (χ0) is 101. The van der Waals surface area contributed by atoms with Gasteiger partial charge in [0, 0.05) is 164 Å². The number of rotatable bonds is 76. The molecule has 1 rings (SSSR count). The maximum absolute atomic E-state index is 15.3. The second-order valence-corrected chi connectivity index (χ2v) is 32.9. The summed E-state index contributed by atoms with van der Waals surface area (Å²) in [4.78, 5) is 210. The number of Topliss-reactive ketones (excluding diaryl/α,β-unsaturated/α-hetero) is 8. The summed E-state index contributed by atoms with van der Waals surface area (Å²) in [6.07, 6.45) is -3.28. The van der Waals surface area contributed by atoms with Crippen LogP contribution in [0.15, 0.2) is 24.3 Å². The first-order chi connectivity index (χ1) is 63.3. The van der Waals surface area contributed by atoms with Crippen LogP contribution in [0.25, 0.3) is 0 Å². The van der Waals surface area contributed by atoms with Crippen LogP contribution in [0.1, 0.15) is 197 Å². The second-order valence-electron chi connectivity index (χ2n) is 32.6. The zero-order valence-corrected chi connectivity index (χ0v) is 77.6. The Balaban J connectivity index is 4.02. The predicted octanol–water partition coefficient (Wildman–Crippen LogP) is -5.41. The number of ketones is 8. The van der Waals surface area contributed by atoms with E-state index in [9.17, 15) is 47.9 Å². The number of carbonyl (C=O) groups is 15. The molecule has 0 spiro atoms. The molecule has 0 heterocycles. The lowest BCUT2D eigenvalue weighted by Crippen LogP contribution is -2.49. The van der Waals surface area contributed by atoms with Crippen LogP contribution in [0.3, 0.4) is 0 Å². The molecule has 0 aromatic heterocycles. The minimum atomic E-state index is -1.49. The summed E-state index contributed by atoms with van der Waals surface area (Å²) in [6, 6.07) is -0.432. The first-order valence-electron chi connectivity index (χ1n) is 44.5. The molecule has 0 aliphatic heterocycles. The Morgan fingerprint density at radius 1 is 0.313 bits per heavy atom. The third-order valence-corrected chi connectivity index (χ3v) is 21.6. The number of benzene rings is 1. The van der Waals surface area contributed by atoms with Crippen LogP contribution in [0.2, 0.25) is 0 Å². The Bertz CT molecular complexity index is 4120. The Morgan fingerprint density at radius 2 is 0.567 bits per heavy atom. The number of amides is 7. The summed E-state index contributed by atoms with van der Waals surface area (Å²) in [7, 11) is 0. The van der Waals surface area contributed by atoms with Gasteiger partial charge in [-0.3, -0.25) is 121 Å². The second kappa shape index (κ2) is 67.7. The lowest BCUT2D eigenvalue weighted by Gasteiger charge is -2.27. The number of hydrogen-bond donors (Lipinski definition) is 35. The number of primary amides is 1. The van der Waals surface area contributed by atoms with Crippen molar-refractivity contribution in [3.8, 4) is 0 Å². The first-order valence-corrected chi connectivity index (χ1v) is 45.2. The van der Waals surface area contributed by atoms with E-state index in [1.54, 1.807) is 24.3 Å². The Labute approximate surface area is 785 Å². The van der Waals surface area contributed by atoms with E-state index in [1.807, 2.05) is 0 Å². The molecule has 44 N–H and O–H groups in total. The van der Waals surface area contributed by atoms with Crippen molar-refractivity contribution in [3.05, 3.63) is 35.4 Å². The van der Waals surface area contributed by atoms with Gasteiger partial charge in [-0.2, -0.15) is 12.6 Å². The van der Waals surface area contributed by atoms with Gasteiger partial charge < -0.3 is 142 Å². The van der Waals surface area contributed by atoms with Gasteiger partial charge >= 0.3 is 0 Å². The monoisotopic (exact) mass is 1910 g/mol. The van der Waals surface area contributed by atoms with Crippen LogP contribution >= 0.6 is 12.6 Å². The number of nitrogens with one attached hydrogen (secondary N) is 24. The maximum atomic E-state index is 15.3. The first kappa shape index (κ1) is 119. The van der Waals surface area contributed by atoms with Gasteiger partial charge in [-0.1, -0.05) is 24.3 Å². The van der Waals surface area contributed by atoms with Crippen molar-refractivity contribution in [1.82, 2.24) is 79.8 Å². The molecule has 750 valence electrons. The van der Waals surface area contributed by atoms with Gasteiger partial charge in [-0.05, 0) is 141 Å². The fourth-order valence-corrected chi connectivity index (χ4v) is 14.4. The van der Waals surface area contributed by atoms with Crippen molar-refractivity contribution < 1.29 is 76.7 Å². The molecule has 0 unspecified atom stereocenters. The molecule has 0 saturated carbocycles. The Morgan fingerprint density at radius 3 is 0.813 bits per heavy atom. The molecule has 11 atom stereocenters. The molecule has 0 saturated heterocycles. The highest BCUT2D eigenvalue weighted by Gasteiger charge is 2.38. The highest BCUT2D eigenvalue weighted by Crippen LogP contribution is 2.25. The average Bonchev–Trinajstić information content (AvgIpc) is 0.854. The summed E-state index contributed by atoms with van der Waals surface area (Å²) in [5.74, 6) is -21.0. The quantitative estimate of drug-likeness (QED) is 0.00952. The largest absolute Gasteiger partial charge is 0.374 e. The minimum Gasteiger partial charge on any atom is -0.374 e. The third-order valence-electron chi connectivity index (χ3n) is 21.2. The Hall–Kier alpha value is -13.4. The van der Waals surface area contributed by atoms with E-state index in [4.69, 9.17) is 111 Å². The molecule has 134 heavy (non-hydrogen) atoms. The molecule has 7 amide bonds. The normalized spacial score (nSPS) is 13.3. The smallest absolute Gasteiger partial charge is 0.224 e. The zero-order valence-electron chi connectivity index (χ0n) is 76.7. The van der Waals surface area contributed by atoms with Crippen molar-refractivity contribution in [2.75, 3.05) is 84.4 Å². The van der Waals surface area contributed by atoms with Gasteiger partial charge in [0.15, 0.2) is 99.9 Å². The molecule has 1 aromatic rings. The number of ether oxygens (including phenoxy) is 1. The standard InChI is InChI=1S/C83H146N34O16S/c1-47(118)50-25-23-49(24-26-50)37-56(69(84)127)39-58(121)45-133-36-12-22-64(122)63(46-134)117-74(132)55(17-7-31-107-79(93)94)43-68(126)62(21-11-35-111-83(101)102)116-73(131)54(16-6-30-106-78(91)92)42-67(125)61(20-10-34-110-82(99)100)115-72(130)53(15-5-29-105-77(89)90)41-66(124)60(19-9-33-109-81(97)98)114-71(129)52(14-4-28-104-76(87)88)40-65(123)59(18-8-32-108-80(95)96)113-70(128)51(13-3-27-103-75(85)86)38-57(120)44-112-48(2)119/h23-26,51-56,59-63,134H,3-22,27-46H2,1-2H3,(H2,84,127)(H,112,119)(H,113,128)(H,114,129)(H,115,130)(H,116,131)(H,117,132)(H4,85,86,103)(H4,87,88,104)(H4,89,90,105)(H4,91,92,106)(H4,93,94,107)(H4,95,96,108)(H4,97,98,109)(H4,99,100,110)(H4,101,102,111)/t51-,52-,53-,54-,55-,56+,59+,60+,61+,62+,63+/m0/s1. The molecule has 0 aliphatic carbocycles. The Kier molecular flexibility index (Phi) is 60.0. The number of thiol groups is 1. The lowest BCUT2D eigenvalue weighted by molar-refractivity contribution is -0.136. The van der Waals surface area contributed by atoms with Crippen molar-refractivity contribution in [3.63, 3.8) is 0 Å². The molecule has 0 radical (unpaired) electrons. The molecule has 0 fully saturated rings. The topological polar surface area (TPSA) is 921 Å². The van der Waals surface area contributed by atoms with Gasteiger partial charge in [-0.25, -0.2) is 0 Å². The number of guanidine groups is 9. The molecule has 51 heteroatoms. The van der Waals surface area contributed by atoms with E-state index in [0.717, 1.165) is 0 Å². The highest BCUT2D eigenvalue weighted by molar-refractivity contribution is 7.80. The molecular formula is C83H146N34O16S. The summed E-state index contributed by atoms with van der Waals surface area (Å²) in [5, 5.41) is 110. The van der Waals surface area contributed by atoms with E-state index in [1.165, 1.54) is 13.8 Å². The van der Waals surface area contributed by atoms with Crippen molar-refractivity contribution in [2.24, 2.45) is 92.8 Å². The van der Waals surface area contributed by atoms with Gasteiger partial charge in [0.1, 0.15) is 6.61 Å². The van der Waals surface area contributed by atoms with E-state index in [-0.39, 0.29) is 231 Å². The molecule has 50 nitrogen and oxygen atoms in total. The van der Waals surface area contributed by atoms with Crippen molar-refractivity contribution in [2.45, 2.75) is 217 Å². The molecule has 0 bridgehead atoms. The summed E-state index contributed by atoms with van der Waals surface area (Å²) < 4.78 is 5.56. The van der Waals surface area contributed by atoms with Crippen LogP contribution in [0, 0.1) is 84.2 Å². The van der Waals surface area contributed by atoms with Crippen molar-refractivity contribution >= 4 is 154 Å². The summed E-state index contributed by atoms with van der Waals surface area (Å²) >= 11 is 4.35. The summed E-state index contributed by atoms with van der Waals surface area (Å²) in [5.41, 5.74) is 57.1. The van der Waals surface area contributed by atoms with Crippen LogP contribution in [-0.2, 0) is 78.3 Å². The average molecular weight is 1910 g/mol. The van der Waals surface area contributed by atoms with E-state index < -0.39 is 234 Å². The molecular weight excluding hydrogens is 1760 g/mol. The van der Waals surface area contributed by atoms with E-state index in [0.29, 0.717) is 11.1 Å². The molecule has 0 aliphatic rings. The minimum absolute atomic E-state index is 0.00504. The number of carbonyl (C=O) groups excluding carboxylic acids is 15. The molecule has 1 aromatic carbocycles. The van der Waals surface area contributed by atoms with Crippen LogP contribution in [0.5, 0.6) is 0 Å². The van der Waals surface area contributed by atoms with Crippen LogP contribution < -0.4 is 137 Å². The van der Waals surface area contributed by atoms with Gasteiger partial charge in [-0.15, -0.1) is 0 Å². The highest BCUT2D eigenvalue weighted by atomic mass is 32.1. The van der Waals surface area contributed by atoms with Crippen LogP contribution in [0.4, 0.5) is 0 Å². The predicted molar refractivity (Wildman–Crippen MR) is 508 cm³/mol. The lowest BCUT2D eigenvalue weighted by atomic mass is 9.88. The van der Waals surface area contributed by atoms with Gasteiger partial charge in [0.2, 0.25) is 41.4 Å². The number of nitrogens with two attached hydrogens (primary N) is 10. The fraction of sp³-hybridized carbons (Fsp3) is 0.639. The summed E-state index contributed by atoms with van der Waals surface area (Å²) in [6.45, 7) is 1.91. The van der Waals surface area contributed by atoms with Crippen molar-refractivity contribution in [1.29, 1.82) is 48.7 Å². The fourth-order valence-electron chi connectivity index (χ4n) is 14.1. The third kappa shape index (κ3) is 56.4. The van der Waals surface area contributed by atoms with E-state index in [2.05, 4.69) is 92.4 Å². The maximum Gasteiger partial charge on any atom is 0.224 e. The van der Waals surface area contributed by atoms with Gasteiger partial charge in [0.05, 0.1) is 36.8 Å². The SMILES string of the molecule is CC(=O)NCC(=O)C[C@H](CCCNC(=N)N)C(=O)N[C@H](CCCNC(=N)N)C(=O)C[C@H](CCCNC(=N)N)C(=O)N[C@H](CCCNC(=N)N)C(=O)C[C@H](CCCNC(=N)N)C(=O)N[C@H](CCCNC(=N)N)C(=O)C[C@H](CCCNC(=N)N)C(=O)N[C@H](CCCNC(=N)N)C(=O)C[C@H](CCCNC(=N)N)C(=O)N[C@H](CS)C(=O)CCCOCC(=O)C[C@@H](Cc1ccc(C(C)=O)cc1)C(N)=O. The number of hydrogen-bond acceptors (Lipinski definition) is 26. The van der Waals surface area contributed by atoms with Crippen LogP contribution in [-0.4, -0.2) is 256 Å². The van der Waals surface area contributed by atoms with E-state index >= 15 is 24.0 Å². The van der Waals surface area contributed by atoms with Gasteiger partial charge in [0.25, 0.3) is 0 Å².